The minimum absolute atomic E-state index is 0.0248. The number of hydrogen-bond donors (Lipinski definition) is 1. The van der Waals surface area contributed by atoms with Gasteiger partial charge >= 0.3 is 0 Å². The number of rotatable bonds is 4. The highest BCUT2D eigenvalue weighted by Gasteiger charge is 2.48. The van der Waals surface area contributed by atoms with Crippen LogP contribution in [0.3, 0.4) is 0 Å². The Labute approximate surface area is 166 Å². The summed E-state index contributed by atoms with van der Waals surface area (Å²) in [6.07, 6.45) is 4.72. The number of anilines is 1. The van der Waals surface area contributed by atoms with Gasteiger partial charge in [0.05, 0.1) is 29.0 Å². The van der Waals surface area contributed by atoms with Crippen molar-refractivity contribution in [3.63, 3.8) is 0 Å². The molecule has 0 aliphatic carbocycles. The summed E-state index contributed by atoms with van der Waals surface area (Å²) < 4.78 is 15.9. The number of hydrogen-bond acceptors (Lipinski definition) is 5. The molecule has 0 unspecified atom stereocenters. The van der Waals surface area contributed by atoms with Gasteiger partial charge in [0, 0.05) is 19.3 Å². The maximum atomic E-state index is 14.0. The van der Waals surface area contributed by atoms with E-state index in [1.807, 2.05) is 49.6 Å². The van der Waals surface area contributed by atoms with Crippen molar-refractivity contribution in [2.45, 2.75) is 26.3 Å². The molecule has 0 aromatic carbocycles. The third-order valence-electron chi connectivity index (χ3n) is 5.11. The number of carbonyl (C=O) groups is 1. The summed E-state index contributed by atoms with van der Waals surface area (Å²) in [6, 6.07) is 5.75. The minimum atomic E-state index is -0.665. The summed E-state index contributed by atoms with van der Waals surface area (Å²) in [5.41, 5.74) is 0.397. The number of nitrogens with one attached hydrogen (secondary N) is 1. The molecule has 1 aliphatic rings. The van der Waals surface area contributed by atoms with Crippen LogP contribution in [0.1, 0.15) is 26.5 Å². The van der Waals surface area contributed by atoms with Gasteiger partial charge in [-0.2, -0.15) is 4.98 Å². The van der Waals surface area contributed by atoms with Gasteiger partial charge in [-0.15, -0.1) is 0 Å². The molecule has 0 bridgehead atoms. The predicted octanol–water partition coefficient (Wildman–Crippen LogP) is 2.79. The van der Waals surface area contributed by atoms with Gasteiger partial charge in [0.25, 0.3) is 0 Å². The van der Waals surface area contributed by atoms with E-state index in [-0.39, 0.29) is 17.0 Å². The Morgan fingerprint density at radius 1 is 1.29 bits per heavy atom. The van der Waals surface area contributed by atoms with Gasteiger partial charge in [-0.25, -0.2) is 14.4 Å². The van der Waals surface area contributed by atoms with Gasteiger partial charge in [-0.3, -0.25) is 4.79 Å². The summed E-state index contributed by atoms with van der Waals surface area (Å²) >= 11 is 5.76. The molecule has 1 amide bonds. The number of amides is 1. The molecule has 0 atom stereocenters. The molecule has 4 heterocycles. The fraction of sp³-hybridized carbons (Fsp3) is 0.368. The third-order valence-corrected chi connectivity index (χ3v) is 5.29. The summed E-state index contributed by atoms with van der Waals surface area (Å²) in [5, 5.41) is 3.09. The molecule has 1 N–H and O–H groups in total. The number of nitrogens with zero attached hydrogens (tertiary/aromatic N) is 5. The molecule has 0 spiro atoms. The Morgan fingerprint density at radius 3 is 2.79 bits per heavy atom. The molecule has 1 fully saturated rings. The molecular weight excluding hydrogens is 383 g/mol. The van der Waals surface area contributed by atoms with E-state index in [9.17, 15) is 9.18 Å². The summed E-state index contributed by atoms with van der Waals surface area (Å²) in [6.45, 7) is 6.40. The highest BCUT2D eigenvalue weighted by molar-refractivity contribution is 6.28. The van der Waals surface area contributed by atoms with Crippen LogP contribution in [-0.2, 0) is 10.3 Å². The van der Waals surface area contributed by atoms with Crippen molar-refractivity contribution in [3.05, 3.63) is 53.6 Å². The Hall–Kier alpha value is -2.74. The molecule has 146 valence electrons. The van der Waals surface area contributed by atoms with Crippen molar-refractivity contribution in [1.82, 2.24) is 24.7 Å². The molecule has 0 saturated carbocycles. The van der Waals surface area contributed by atoms with Gasteiger partial charge in [0.15, 0.2) is 11.6 Å². The van der Waals surface area contributed by atoms with Crippen LogP contribution in [0.4, 0.5) is 10.2 Å². The van der Waals surface area contributed by atoms with Crippen molar-refractivity contribution in [1.29, 1.82) is 0 Å². The van der Waals surface area contributed by atoms with Crippen LogP contribution in [0.2, 0.25) is 5.28 Å². The standard InChI is InChI=1S/C19H20ClFN6O/c1-18(2,13-9-22-14-6-4-5-7-27(13)14)25-16(28)19(3)10-26(11-19)15-12(21)8-23-17(20)24-15/h4-9H,10-11H2,1-3H3,(H,25,28). The summed E-state index contributed by atoms with van der Waals surface area (Å²) in [7, 11) is 0. The van der Waals surface area contributed by atoms with Gasteiger partial charge in [0.2, 0.25) is 11.2 Å². The lowest BCUT2D eigenvalue weighted by atomic mass is 9.80. The Morgan fingerprint density at radius 2 is 2.04 bits per heavy atom. The molecule has 28 heavy (non-hydrogen) atoms. The molecule has 9 heteroatoms. The lowest BCUT2D eigenvalue weighted by molar-refractivity contribution is -0.133. The van der Waals surface area contributed by atoms with E-state index in [1.165, 1.54) is 0 Å². The maximum absolute atomic E-state index is 14.0. The zero-order valence-corrected chi connectivity index (χ0v) is 16.5. The van der Waals surface area contributed by atoms with Crippen LogP contribution in [-0.4, -0.2) is 38.3 Å². The van der Waals surface area contributed by atoms with Crippen molar-refractivity contribution in [3.8, 4) is 0 Å². The van der Waals surface area contributed by atoms with Crippen molar-refractivity contribution >= 4 is 29.0 Å². The molecule has 3 aromatic rings. The average molecular weight is 403 g/mol. The average Bonchev–Trinajstić information content (AvgIpc) is 3.06. The summed E-state index contributed by atoms with van der Waals surface area (Å²) in [5.74, 6) is -0.551. The SMILES string of the molecule is CC1(C(=O)NC(C)(C)c2cnc3ccccn23)CN(c2nc(Cl)ncc2F)C1. The van der Waals surface area contributed by atoms with E-state index in [0.29, 0.717) is 13.1 Å². The Kier molecular flexibility index (Phi) is 4.26. The summed E-state index contributed by atoms with van der Waals surface area (Å²) in [4.78, 5) is 26.6. The number of aromatic nitrogens is 4. The van der Waals surface area contributed by atoms with Gasteiger partial charge in [-0.05, 0) is 44.5 Å². The normalized spacial score (nSPS) is 16.1. The fourth-order valence-corrected chi connectivity index (χ4v) is 3.67. The molecule has 3 aromatic heterocycles. The van der Waals surface area contributed by atoms with Gasteiger partial charge in [-0.1, -0.05) is 6.07 Å². The lowest BCUT2D eigenvalue weighted by Gasteiger charge is -2.48. The molecule has 0 radical (unpaired) electrons. The molecule has 4 rings (SSSR count). The van der Waals surface area contributed by atoms with Crippen LogP contribution in [0, 0.1) is 11.2 Å². The quantitative estimate of drug-likeness (QED) is 0.679. The van der Waals surface area contributed by atoms with Crippen LogP contribution < -0.4 is 10.2 Å². The first-order valence-electron chi connectivity index (χ1n) is 8.88. The van der Waals surface area contributed by atoms with Crippen molar-refractivity contribution in [2.24, 2.45) is 5.41 Å². The van der Waals surface area contributed by atoms with Gasteiger partial charge < -0.3 is 14.6 Å². The topological polar surface area (TPSA) is 75.4 Å². The maximum Gasteiger partial charge on any atom is 0.230 e. The largest absolute Gasteiger partial charge is 0.352 e. The third kappa shape index (κ3) is 3.07. The number of imidazole rings is 1. The minimum Gasteiger partial charge on any atom is -0.352 e. The first kappa shape index (κ1) is 18.6. The van der Waals surface area contributed by atoms with Crippen LogP contribution in [0.15, 0.2) is 36.8 Å². The lowest BCUT2D eigenvalue weighted by Crippen LogP contribution is -2.64. The fourth-order valence-electron chi connectivity index (χ4n) is 3.54. The Balaban J connectivity index is 1.50. The molecule has 1 saturated heterocycles. The van der Waals surface area contributed by atoms with E-state index in [1.54, 1.807) is 11.1 Å². The molecular formula is C19H20ClFN6O. The number of carbonyl (C=O) groups excluding carboxylic acids is 1. The van der Waals surface area contributed by atoms with E-state index in [4.69, 9.17) is 11.6 Å². The number of fused-ring (bicyclic) bond motifs is 1. The van der Waals surface area contributed by atoms with Crippen molar-refractivity contribution in [2.75, 3.05) is 18.0 Å². The monoisotopic (exact) mass is 402 g/mol. The smallest absolute Gasteiger partial charge is 0.230 e. The van der Waals surface area contributed by atoms with Crippen LogP contribution in [0.25, 0.3) is 5.65 Å². The highest BCUT2D eigenvalue weighted by Crippen LogP contribution is 2.36. The first-order chi connectivity index (χ1) is 13.2. The molecule has 1 aliphatic heterocycles. The van der Waals surface area contributed by atoms with Crippen LogP contribution in [0.5, 0.6) is 0 Å². The second-order valence-corrected chi connectivity index (χ2v) is 8.22. The zero-order chi connectivity index (χ0) is 20.1. The molecule has 7 nitrogen and oxygen atoms in total. The van der Waals surface area contributed by atoms with Crippen molar-refractivity contribution < 1.29 is 9.18 Å². The second kappa shape index (κ2) is 6.41. The van der Waals surface area contributed by atoms with E-state index in [0.717, 1.165) is 17.5 Å². The predicted molar refractivity (Wildman–Crippen MR) is 104 cm³/mol. The zero-order valence-electron chi connectivity index (χ0n) is 15.8. The van der Waals surface area contributed by atoms with Gasteiger partial charge in [0.1, 0.15) is 5.65 Å². The van der Waals surface area contributed by atoms with E-state index >= 15 is 0 Å². The van der Waals surface area contributed by atoms with E-state index in [2.05, 4.69) is 20.3 Å². The van der Waals surface area contributed by atoms with Crippen LogP contribution >= 0.6 is 11.6 Å². The number of pyridine rings is 1. The second-order valence-electron chi connectivity index (χ2n) is 7.88. The van der Waals surface area contributed by atoms with E-state index < -0.39 is 16.8 Å². The highest BCUT2D eigenvalue weighted by atomic mass is 35.5. The first-order valence-corrected chi connectivity index (χ1v) is 9.26. The Bertz CT molecular complexity index is 1060. The number of halogens is 2.